The summed E-state index contributed by atoms with van der Waals surface area (Å²) in [6.45, 7) is 7.00. The second kappa shape index (κ2) is 6.78. The number of likely N-dealkylation sites (N-methyl/N-ethyl adjacent to an activating group) is 1. The van der Waals surface area contributed by atoms with Crippen LogP contribution in [-0.4, -0.2) is 11.5 Å². The highest BCUT2D eigenvalue weighted by atomic mass is 79.9. The van der Waals surface area contributed by atoms with E-state index in [1.54, 1.807) is 17.4 Å². The SMILES string of the molecule is CCNC(Cc1cc(F)cc(Br)c1)c1sc(C)nc1C. The van der Waals surface area contributed by atoms with E-state index in [0.717, 1.165) is 33.7 Å². The van der Waals surface area contributed by atoms with Crippen molar-refractivity contribution in [2.75, 3.05) is 6.54 Å². The van der Waals surface area contributed by atoms with Crippen molar-refractivity contribution in [1.82, 2.24) is 10.3 Å². The Hall–Kier alpha value is -0.780. The molecule has 0 aliphatic rings. The predicted octanol–water partition coefficient (Wildman–Crippen LogP) is 4.55. The summed E-state index contributed by atoms with van der Waals surface area (Å²) in [5.41, 5.74) is 2.04. The lowest BCUT2D eigenvalue weighted by Crippen LogP contribution is -2.22. The monoisotopic (exact) mass is 356 g/mol. The zero-order valence-electron chi connectivity index (χ0n) is 11.8. The first-order valence-electron chi connectivity index (χ1n) is 6.62. The van der Waals surface area contributed by atoms with E-state index in [-0.39, 0.29) is 11.9 Å². The summed E-state index contributed by atoms with van der Waals surface area (Å²) in [5, 5.41) is 4.54. The topological polar surface area (TPSA) is 24.9 Å². The molecule has 0 bridgehead atoms. The highest BCUT2D eigenvalue weighted by molar-refractivity contribution is 9.10. The van der Waals surface area contributed by atoms with E-state index in [4.69, 9.17) is 0 Å². The molecule has 1 N–H and O–H groups in total. The van der Waals surface area contributed by atoms with Gasteiger partial charge in [0.25, 0.3) is 0 Å². The van der Waals surface area contributed by atoms with Gasteiger partial charge in [-0.3, -0.25) is 0 Å². The maximum atomic E-state index is 13.5. The number of hydrogen-bond donors (Lipinski definition) is 1. The molecule has 1 aromatic carbocycles. The van der Waals surface area contributed by atoms with Gasteiger partial charge < -0.3 is 5.32 Å². The molecule has 1 heterocycles. The van der Waals surface area contributed by atoms with Gasteiger partial charge in [-0.2, -0.15) is 0 Å². The van der Waals surface area contributed by atoms with Crippen molar-refractivity contribution in [3.8, 4) is 0 Å². The van der Waals surface area contributed by atoms with Crippen LogP contribution in [0, 0.1) is 19.7 Å². The number of aromatic nitrogens is 1. The fraction of sp³-hybridized carbons (Fsp3) is 0.400. The number of halogens is 2. The Kier molecular flexibility index (Phi) is 5.29. The summed E-state index contributed by atoms with van der Waals surface area (Å²) < 4.78 is 14.3. The van der Waals surface area contributed by atoms with Crippen LogP contribution in [0.15, 0.2) is 22.7 Å². The first-order valence-corrected chi connectivity index (χ1v) is 8.22. The number of aryl methyl sites for hydroxylation is 2. The molecule has 0 saturated heterocycles. The fourth-order valence-electron chi connectivity index (χ4n) is 2.34. The quantitative estimate of drug-likeness (QED) is 0.849. The van der Waals surface area contributed by atoms with Crippen LogP contribution in [0.4, 0.5) is 4.39 Å². The fourth-order valence-corrected chi connectivity index (χ4v) is 3.85. The molecule has 2 rings (SSSR count). The van der Waals surface area contributed by atoms with Gasteiger partial charge in [0.2, 0.25) is 0 Å². The molecule has 1 aromatic heterocycles. The third-order valence-electron chi connectivity index (χ3n) is 3.07. The third kappa shape index (κ3) is 3.87. The second-order valence-electron chi connectivity index (χ2n) is 4.77. The molecule has 5 heteroatoms. The minimum atomic E-state index is -0.207. The van der Waals surface area contributed by atoms with Crippen LogP contribution in [0.5, 0.6) is 0 Å². The van der Waals surface area contributed by atoms with Crippen molar-refractivity contribution in [1.29, 1.82) is 0 Å². The summed E-state index contributed by atoms with van der Waals surface area (Å²) in [5.74, 6) is -0.207. The molecule has 2 nitrogen and oxygen atoms in total. The van der Waals surface area contributed by atoms with Gasteiger partial charge in [-0.15, -0.1) is 11.3 Å². The largest absolute Gasteiger partial charge is 0.309 e. The molecule has 0 aliphatic heterocycles. The molecule has 1 unspecified atom stereocenters. The number of rotatable bonds is 5. The molecule has 0 aliphatic carbocycles. The van der Waals surface area contributed by atoms with Gasteiger partial charge in [0.15, 0.2) is 0 Å². The van der Waals surface area contributed by atoms with Crippen LogP contribution < -0.4 is 5.32 Å². The first kappa shape index (κ1) is 15.6. The van der Waals surface area contributed by atoms with Crippen LogP contribution >= 0.6 is 27.3 Å². The van der Waals surface area contributed by atoms with E-state index < -0.39 is 0 Å². The molecule has 0 radical (unpaired) electrons. The molecule has 1 atom stereocenters. The molecular weight excluding hydrogens is 339 g/mol. The molecule has 0 fully saturated rings. The Balaban J connectivity index is 2.27. The highest BCUT2D eigenvalue weighted by Gasteiger charge is 2.17. The van der Waals surface area contributed by atoms with Gasteiger partial charge in [-0.1, -0.05) is 22.9 Å². The van der Waals surface area contributed by atoms with Gasteiger partial charge in [-0.25, -0.2) is 9.37 Å². The van der Waals surface area contributed by atoms with E-state index in [1.807, 2.05) is 19.9 Å². The zero-order chi connectivity index (χ0) is 14.7. The third-order valence-corrected chi connectivity index (χ3v) is 4.71. The van der Waals surface area contributed by atoms with Crippen molar-refractivity contribution >= 4 is 27.3 Å². The number of hydrogen-bond acceptors (Lipinski definition) is 3. The molecule has 108 valence electrons. The van der Waals surface area contributed by atoms with Gasteiger partial charge >= 0.3 is 0 Å². The van der Waals surface area contributed by atoms with Crippen molar-refractivity contribution in [3.05, 3.63) is 49.6 Å². The Bertz CT molecular complexity index is 577. The highest BCUT2D eigenvalue weighted by Crippen LogP contribution is 2.28. The van der Waals surface area contributed by atoms with Crippen molar-refractivity contribution in [3.63, 3.8) is 0 Å². The first-order chi connectivity index (χ1) is 9.49. The van der Waals surface area contributed by atoms with E-state index >= 15 is 0 Å². The maximum Gasteiger partial charge on any atom is 0.124 e. The van der Waals surface area contributed by atoms with E-state index in [1.165, 1.54) is 10.9 Å². The van der Waals surface area contributed by atoms with Gasteiger partial charge in [-0.05, 0) is 50.6 Å². The lowest BCUT2D eigenvalue weighted by molar-refractivity contribution is 0.551. The average molecular weight is 357 g/mol. The van der Waals surface area contributed by atoms with E-state index in [9.17, 15) is 4.39 Å². The normalized spacial score (nSPS) is 12.7. The summed E-state index contributed by atoms with van der Waals surface area (Å²) >= 11 is 5.06. The smallest absolute Gasteiger partial charge is 0.124 e. The number of benzene rings is 1. The predicted molar refractivity (Wildman–Crippen MR) is 85.8 cm³/mol. The number of thiazole rings is 1. The molecule has 20 heavy (non-hydrogen) atoms. The van der Waals surface area contributed by atoms with E-state index in [0.29, 0.717) is 0 Å². The zero-order valence-corrected chi connectivity index (χ0v) is 14.2. The maximum absolute atomic E-state index is 13.5. The van der Waals surface area contributed by atoms with Crippen LogP contribution in [0.3, 0.4) is 0 Å². The van der Waals surface area contributed by atoms with Crippen molar-refractivity contribution < 1.29 is 4.39 Å². The summed E-state index contributed by atoms with van der Waals surface area (Å²) in [6, 6.07) is 5.22. The van der Waals surface area contributed by atoms with Crippen LogP contribution in [0.25, 0.3) is 0 Å². The molecule has 0 amide bonds. The Morgan fingerprint density at radius 2 is 2.10 bits per heavy atom. The molecular formula is C15H18BrFN2S. The summed E-state index contributed by atoms with van der Waals surface area (Å²) in [7, 11) is 0. The average Bonchev–Trinajstić information content (AvgIpc) is 2.66. The van der Waals surface area contributed by atoms with E-state index in [2.05, 4.69) is 33.2 Å². The minimum absolute atomic E-state index is 0.180. The minimum Gasteiger partial charge on any atom is -0.309 e. The van der Waals surface area contributed by atoms with Gasteiger partial charge in [0.05, 0.1) is 10.7 Å². The molecule has 0 spiro atoms. The standard InChI is InChI=1S/C15H18BrFN2S/c1-4-18-14(15-9(2)19-10(3)20-15)7-11-5-12(16)8-13(17)6-11/h5-6,8,14,18H,4,7H2,1-3H3. The molecule has 2 aromatic rings. The van der Waals surface area contributed by atoms with Crippen LogP contribution in [0.2, 0.25) is 0 Å². The van der Waals surface area contributed by atoms with Gasteiger partial charge in [0.1, 0.15) is 5.82 Å². The lowest BCUT2D eigenvalue weighted by Gasteiger charge is -2.17. The summed E-state index contributed by atoms with van der Waals surface area (Å²) in [6.07, 6.45) is 0.757. The van der Waals surface area contributed by atoms with Crippen LogP contribution in [0.1, 0.15) is 34.1 Å². The summed E-state index contributed by atoms with van der Waals surface area (Å²) in [4.78, 5) is 5.73. The Morgan fingerprint density at radius 3 is 2.65 bits per heavy atom. The van der Waals surface area contributed by atoms with Crippen molar-refractivity contribution in [2.45, 2.75) is 33.2 Å². The molecule has 0 saturated carbocycles. The number of nitrogens with one attached hydrogen (secondary N) is 1. The lowest BCUT2D eigenvalue weighted by atomic mass is 10.0. The van der Waals surface area contributed by atoms with Crippen LogP contribution in [-0.2, 0) is 6.42 Å². The Morgan fingerprint density at radius 1 is 1.35 bits per heavy atom. The second-order valence-corrected chi connectivity index (χ2v) is 6.93. The van der Waals surface area contributed by atoms with Gasteiger partial charge in [0, 0.05) is 15.4 Å². The number of nitrogens with zero attached hydrogens (tertiary/aromatic N) is 1. The Labute approximate surface area is 131 Å². The van der Waals surface area contributed by atoms with Crippen molar-refractivity contribution in [2.24, 2.45) is 0 Å².